The lowest BCUT2D eigenvalue weighted by Gasteiger charge is -2.27. The molecule has 1 saturated carbocycles. The molecule has 17 heavy (non-hydrogen) atoms. The summed E-state index contributed by atoms with van der Waals surface area (Å²) in [6.07, 6.45) is 11.1. The van der Waals surface area contributed by atoms with E-state index in [1.54, 1.807) is 0 Å². The highest BCUT2D eigenvalue weighted by molar-refractivity contribution is 9.09. The molecule has 0 N–H and O–H groups in total. The van der Waals surface area contributed by atoms with E-state index in [0.717, 1.165) is 12.0 Å². The third-order valence-electron chi connectivity index (χ3n) is 3.99. The van der Waals surface area contributed by atoms with Crippen molar-refractivity contribution in [2.24, 2.45) is 0 Å². The van der Waals surface area contributed by atoms with Crippen LogP contribution in [-0.2, 0) is 9.53 Å². The molecule has 1 fully saturated rings. The van der Waals surface area contributed by atoms with Crippen molar-refractivity contribution >= 4 is 21.7 Å². The molecule has 0 aliphatic heterocycles. The first-order valence-corrected chi connectivity index (χ1v) is 7.41. The summed E-state index contributed by atoms with van der Waals surface area (Å²) >= 11 is 3.71. The summed E-state index contributed by atoms with van der Waals surface area (Å²) in [5, 5.41) is 0. The van der Waals surface area contributed by atoms with Crippen molar-refractivity contribution in [2.45, 2.75) is 55.6 Å². The second kappa shape index (κ2) is 4.69. The molecule has 0 aromatic heterocycles. The predicted octanol–water partition coefficient (Wildman–Crippen LogP) is 3.31. The van der Waals surface area contributed by atoms with Crippen LogP contribution in [0.15, 0.2) is 23.3 Å². The van der Waals surface area contributed by atoms with Gasteiger partial charge in [0.1, 0.15) is 0 Å². The fraction of sp³-hybridized carbons (Fsp3) is 0.643. The Morgan fingerprint density at radius 3 is 2.76 bits per heavy atom. The molecule has 2 unspecified atom stereocenters. The summed E-state index contributed by atoms with van der Waals surface area (Å²) in [5.74, 6) is 0.292. The molecule has 0 heterocycles. The molecule has 0 bridgehead atoms. The molecule has 2 nitrogen and oxygen atoms in total. The number of alkyl halides is 1. The van der Waals surface area contributed by atoms with Gasteiger partial charge in [0, 0.05) is 12.0 Å². The minimum atomic E-state index is 0.114. The molecule has 3 aliphatic rings. The standard InChI is InChI=1S/C14H17BrO2/c15-14-11-5-7-12(16)10(11)6-8-13(14)17-9-3-1-2-4-9/h6,8-9,13-14H,1-5,7H2. The van der Waals surface area contributed by atoms with E-state index < -0.39 is 0 Å². The molecule has 2 atom stereocenters. The number of carbonyl (C=O) groups is 1. The van der Waals surface area contributed by atoms with Crippen LogP contribution in [0, 0.1) is 0 Å². The van der Waals surface area contributed by atoms with E-state index in [2.05, 4.69) is 22.0 Å². The largest absolute Gasteiger partial charge is 0.369 e. The van der Waals surface area contributed by atoms with E-state index in [1.165, 1.54) is 31.3 Å². The summed E-state index contributed by atoms with van der Waals surface area (Å²) in [6.45, 7) is 0. The minimum absolute atomic E-state index is 0.114. The normalized spacial score (nSPS) is 33.6. The molecule has 0 aromatic rings. The highest BCUT2D eigenvalue weighted by Crippen LogP contribution is 2.37. The van der Waals surface area contributed by atoms with Gasteiger partial charge in [0.25, 0.3) is 0 Å². The number of carbonyl (C=O) groups excluding carboxylic acids is 1. The van der Waals surface area contributed by atoms with E-state index in [4.69, 9.17) is 4.74 Å². The average Bonchev–Trinajstić information content (AvgIpc) is 2.93. The van der Waals surface area contributed by atoms with Crippen molar-refractivity contribution < 1.29 is 9.53 Å². The lowest BCUT2D eigenvalue weighted by molar-refractivity contribution is -0.114. The zero-order valence-corrected chi connectivity index (χ0v) is 11.4. The summed E-state index contributed by atoms with van der Waals surface area (Å²) < 4.78 is 6.13. The van der Waals surface area contributed by atoms with Gasteiger partial charge in [-0.3, -0.25) is 4.79 Å². The first-order valence-electron chi connectivity index (χ1n) is 6.49. The molecule has 3 rings (SSSR count). The maximum Gasteiger partial charge on any atom is 0.163 e. The van der Waals surface area contributed by atoms with Crippen LogP contribution in [0.25, 0.3) is 0 Å². The molecule has 0 aromatic carbocycles. The fourth-order valence-corrected chi connectivity index (χ4v) is 3.81. The summed E-state index contributed by atoms with van der Waals surface area (Å²) in [4.78, 5) is 11.8. The van der Waals surface area contributed by atoms with Crippen LogP contribution in [0.4, 0.5) is 0 Å². The average molecular weight is 297 g/mol. The van der Waals surface area contributed by atoms with Crippen LogP contribution < -0.4 is 0 Å². The number of halogens is 1. The van der Waals surface area contributed by atoms with Crippen molar-refractivity contribution in [1.29, 1.82) is 0 Å². The van der Waals surface area contributed by atoms with Gasteiger partial charge in [-0.1, -0.05) is 40.9 Å². The van der Waals surface area contributed by atoms with Crippen molar-refractivity contribution in [3.05, 3.63) is 23.3 Å². The van der Waals surface area contributed by atoms with Gasteiger partial charge < -0.3 is 4.74 Å². The Labute approximate surface area is 110 Å². The molecule has 3 heteroatoms. The number of ether oxygens (including phenoxy) is 1. The number of hydrogen-bond donors (Lipinski definition) is 0. The Morgan fingerprint density at radius 1 is 1.24 bits per heavy atom. The van der Waals surface area contributed by atoms with Crippen LogP contribution in [0.2, 0.25) is 0 Å². The van der Waals surface area contributed by atoms with Crippen LogP contribution >= 0.6 is 15.9 Å². The van der Waals surface area contributed by atoms with Crippen LogP contribution in [0.1, 0.15) is 38.5 Å². The predicted molar refractivity (Wildman–Crippen MR) is 70.3 cm³/mol. The first kappa shape index (κ1) is 11.7. The second-order valence-electron chi connectivity index (χ2n) is 5.13. The summed E-state index contributed by atoms with van der Waals surface area (Å²) in [7, 11) is 0. The van der Waals surface area contributed by atoms with Gasteiger partial charge in [-0.25, -0.2) is 0 Å². The second-order valence-corrected chi connectivity index (χ2v) is 6.12. The number of Topliss-reactive ketones (excluding diaryl/α,β-unsaturated/α-hetero) is 1. The Morgan fingerprint density at radius 2 is 2.00 bits per heavy atom. The molecule has 0 spiro atoms. The van der Waals surface area contributed by atoms with E-state index >= 15 is 0 Å². The van der Waals surface area contributed by atoms with E-state index in [9.17, 15) is 4.79 Å². The molecule has 0 amide bonds. The van der Waals surface area contributed by atoms with Crippen molar-refractivity contribution in [2.75, 3.05) is 0 Å². The third-order valence-corrected chi connectivity index (χ3v) is 5.07. The number of ketones is 1. The first-order chi connectivity index (χ1) is 8.25. The Kier molecular flexibility index (Phi) is 3.22. The molecule has 0 radical (unpaired) electrons. The highest BCUT2D eigenvalue weighted by Gasteiger charge is 2.34. The lowest BCUT2D eigenvalue weighted by Crippen LogP contribution is -2.30. The van der Waals surface area contributed by atoms with Crippen LogP contribution in [0.5, 0.6) is 0 Å². The quantitative estimate of drug-likeness (QED) is 0.731. The number of rotatable bonds is 2. The minimum Gasteiger partial charge on any atom is -0.369 e. The van der Waals surface area contributed by atoms with Gasteiger partial charge in [-0.2, -0.15) is 0 Å². The number of allylic oxidation sites excluding steroid dienone is 2. The van der Waals surface area contributed by atoms with E-state index in [1.807, 2.05) is 6.08 Å². The Bertz CT molecular complexity index is 391. The monoisotopic (exact) mass is 296 g/mol. The van der Waals surface area contributed by atoms with Crippen molar-refractivity contribution in [1.82, 2.24) is 0 Å². The van der Waals surface area contributed by atoms with Crippen LogP contribution in [-0.4, -0.2) is 22.8 Å². The van der Waals surface area contributed by atoms with Crippen molar-refractivity contribution in [3.63, 3.8) is 0 Å². The van der Waals surface area contributed by atoms with Crippen molar-refractivity contribution in [3.8, 4) is 0 Å². The smallest absolute Gasteiger partial charge is 0.163 e. The zero-order chi connectivity index (χ0) is 11.8. The van der Waals surface area contributed by atoms with Gasteiger partial charge in [-0.15, -0.1) is 0 Å². The SMILES string of the molecule is O=C1CCC2=C1C=CC(OC1CCCC1)C2Br. The summed E-state index contributed by atoms with van der Waals surface area (Å²) in [6, 6.07) is 0. The van der Waals surface area contributed by atoms with E-state index in [-0.39, 0.29) is 10.9 Å². The molecule has 3 aliphatic carbocycles. The maximum atomic E-state index is 11.6. The number of hydrogen-bond acceptors (Lipinski definition) is 2. The van der Waals surface area contributed by atoms with Gasteiger partial charge >= 0.3 is 0 Å². The topological polar surface area (TPSA) is 26.3 Å². The Balaban J connectivity index is 1.71. The molecule has 92 valence electrons. The van der Waals surface area contributed by atoms with Crippen LogP contribution in [0.3, 0.4) is 0 Å². The molecular weight excluding hydrogens is 280 g/mol. The molecular formula is C14H17BrO2. The zero-order valence-electron chi connectivity index (χ0n) is 9.82. The van der Waals surface area contributed by atoms with Gasteiger partial charge in [0.05, 0.1) is 17.0 Å². The summed E-state index contributed by atoms with van der Waals surface area (Å²) in [5.41, 5.74) is 2.18. The highest BCUT2D eigenvalue weighted by atomic mass is 79.9. The maximum absolute atomic E-state index is 11.6. The van der Waals surface area contributed by atoms with Gasteiger partial charge in [-0.05, 0) is 24.8 Å². The van der Waals surface area contributed by atoms with Gasteiger partial charge in [0.15, 0.2) is 5.78 Å². The van der Waals surface area contributed by atoms with E-state index in [0.29, 0.717) is 18.3 Å². The fourth-order valence-electron chi connectivity index (χ4n) is 3.03. The third kappa shape index (κ3) is 2.15. The molecule has 0 saturated heterocycles. The Hall–Kier alpha value is -0.410. The lowest BCUT2D eigenvalue weighted by atomic mass is 9.97. The van der Waals surface area contributed by atoms with Gasteiger partial charge in [0.2, 0.25) is 0 Å².